The van der Waals surface area contributed by atoms with E-state index in [1.807, 2.05) is 6.07 Å². The molecule has 30 heavy (non-hydrogen) atoms. The van der Waals surface area contributed by atoms with Gasteiger partial charge in [-0.1, -0.05) is 36.9 Å². The van der Waals surface area contributed by atoms with Crippen LogP contribution in [0.2, 0.25) is 0 Å². The van der Waals surface area contributed by atoms with Crippen LogP contribution in [0.5, 0.6) is 0 Å². The number of anilines is 1. The number of carbonyl (C=O) groups is 1. The van der Waals surface area contributed by atoms with Crippen LogP contribution in [-0.4, -0.2) is 43.3 Å². The third-order valence-electron chi connectivity index (χ3n) is 5.47. The Balaban J connectivity index is 1.59. The highest BCUT2D eigenvalue weighted by atomic mass is 16.5. The maximum atomic E-state index is 12.6. The molecule has 4 rings (SSSR count). The number of nitrogens with two attached hydrogens (primary N) is 2. The fourth-order valence-corrected chi connectivity index (χ4v) is 3.87. The van der Waals surface area contributed by atoms with Gasteiger partial charge in [-0.15, -0.1) is 0 Å². The van der Waals surface area contributed by atoms with Crippen LogP contribution in [0.1, 0.15) is 24.1 Å². The zero-order valence-corrected chi connectivity index (χ0v) is 16.1. The van der Waals surface area contributed by atoms with E-state index in [9.17, 15) is 14.7 Å². The van der Waals surface area contributed by atoms with Crippen LogP contribution in [0.3, 0.4) is 0 Å². The van der Waals surface area contributed by atoms with Crippen LogP contribution >= 0.6 is 0 Å². The number of carbonyl (C=O) groups excluding carboxylic acids is 1. The van der Waals surface area contributed by atoms with E-state index in [0.717, 1.165) is 0 Å². The first-order valence-electron chi connectivity index (χ1n) is 9.43. The van der Waals surface area contributed by atoms with E-state index in [-0.39, 0.29) is 24.1 Å². The van der Waals surface area contributed by atoms with E-state index in [1.165, 1.54) is 6.33 Å². The lowest BCUT2D eigenvalue weighted by Crippen LogP contribution is -2.31. The number of aliphatic hydroxyl groups is 1. The number of imidazole rings is 1. The summed E-state index contributed by atoms with van der Waals surface area (Å²) >= 11 is 0. The Hall–Kier alpha value is -3.50. The molecule has 4 atom stereocenters. The zero-order valence-electron chi connectivity index (χ0n) is 16.1. The van der Waals surface area contributed by atoms with Crippen molar-refractivity contribution in [1.82, 2.24) is 19.5 Å². The summed E-state index contributed by atoms with van der Waals surface area (Å²) in [6.45, 7) is 3.83. The number of fused-ring (bicyclic) bond motifs is 1. The van der Waals surface area contributed by atoms with Crippen molar-refractivity contribution in [3.63, 3.8) is 0 Å². The molecule has 0 spiro atoms. The summed E-state index contributed by atoms with van der Waals surface area (Å²) in [7, 11) is 0. The first kappa shape index (κ1) is 19.8. The number of benzene rings is 1. The van der Waals surface area contributed by atoms with Crippen LogP contribution in [0.25, 0.3) is 11.2 Å². The van der Waals surface area contributed by atoms with Gasteiger partial charge in [-0.3, -0.25) is 9.78 Å². The third-order valence-corrected chi connectivity index (χ3v) is 5.47. The minimum Gasteiger partial charge on any atom is -0.460 e. The van der Waals surface area contributed by atoms with Crippen LogP contribution in [0.15, 0.2) is 53.6 Å². The molecule has 1 unspecified atom stereocenters. The topological polar surface area (TPSA) is 162 Å². The summed E-state index contributed by atoms with van der Waals surface area (Å²) in [5.41, 5.74) is 13.0. The molecular weight excluding hydrogens is 388 g/mol. The number of aromatic nitrogens is 4. The molecule has 1 saturated carbocycles. The SMILES string of the molecule is C=C1C(n2cnc3c(=O)[nH]c(N)nc32)C[C@H](OC(=O)[C@H](N)c2ccccc2)[C@H]1CO. The number of nitrogens with zero attached hydrogens (tertiary/aromatic N) is 3. The molecule has 0 radical (unpaired) electrons. The van der Waals surface area contributed by atoms with Crippen molar-refractivity contribution < 1.29 is 14.6 Å². The number of ether oxygens (including phenoxy) is 1. The lowest BCUT2D eigenvalue weighted by Gasteiger charge is -2.20. The number of rotatable bonds is 5. The van der Waals surface area contributed by atoms with E-state index in [0.29, 0.717) is 23.2 Å². The predicted molar refractivity (Wildman–Crippen MR) is 109 cm³/mol. The standard InChI is InChI=1S/C20H22N6O4/c1-10-12(8-27)14(30-19(29)15(21)11-5-3-2-4-6-11)7-13(10)26-9-23-16-17(26)24-20(22)25-18(16)28/h2-6,9,12-15,27H,1,7-8,21H2,(H3,22,24,25,28)/t12-,13?,14-,15+/m0/s1. The lowest BCUT2D eigenvalue weighted by atomic mass is 10.0. The quantitative estimate of drug-likeness (QED) is 0.347. The Morgan fingerprint density at radius 3 is 2.83 bits per heavy atom. The van der Waals surface area contributed by atoms with E-state index < -0.39 is 29.6 Å². The van der Waals surface area contributed by atoms with Crippen molar-refractivity contribution in [2.24, 2.45) is 11.7 Å². The normalized spacial score (nSPS) is 22.3. The molecule has 1 aliphatic rings. The second-order valence-electron chi connectivity index (χ2n) is 7.25. The molecule has 0 saturated heterocycles. The number of nitrogens with one attached hydrogen (secondary N) is 1. The minimum atomic E-state index is -0.938. The Morgan fingerprint density at radius 1 is 1.40 bits per heavy atom. The fourth-order valence-electron chi connectivity index (χ4n) is 3.87. The number of nitrogen functional groups attached to an aromatic ring is 1. The molecule has 1 fully saturated rings. The van der Waals surface area contributed by atoms with Gasteiger partial charge in [0.2, 0.25) is 5.95 Å². The van der Waals surface area contributed by atoms with E-state index in [1.54, 1.807) is 28.8 Å². The fraction of sp³-hybridized carbons (Fsp3) is 0.300. The Bertz CT molecular complexity index is 1160. The van der Waals surface area contributed by atoms with Gasteiger partial charge < -0.3 is 25.9 Å². The average molecular weight is 410 g/mol. The van der Waals surface area contributed by atoms with Gasteiger partial charge in [0.25, 0.3) is 5.56 Å². The predicted octanol–water partition coefficient (Wildman–Crippen LogP) is 0.423. The molecule has 156 valence electrons. The molecule has 2 aromatic heterocycles. The highest BCUT2D eigenvalue weighted by Crippen LogP contribution is 2.41. The smallest absolute Gasteiger partial charge is 0.327 e. The van der Waals surface area contributed by atoms with Gasteiger partial charge in [0.05, 0.1) is 19.0 Å². The third kappa shape index (κ3) is 3.36. The first-order chi connectivity index (χ1) is 14.4. The van der Waals surface area contributed by atoms with Crippen LogP contribution in [0.4, 0.5) is 5.95 Å². The van der Waals surface area contributed by atoms with Crippen LogP contribution in [0, 0.1) is 5.92 Å². The molecule has 6 N–H and O–H groups in total. The summed E-state index contributed by atoms with van der Waals surface area (Å²) in [5.74, 6) is -1.11. The average Bonchev–Trinajstić information content (AvgIpc) is 3.28. The minimum absolute atomic E-state index is 0.0339. The van der Waals surface area contributed by atoms with Gasteiger partial charge in [-0.05, 0) is 11.1 Å². The molecule has 10 nitrogen and oxygen atoms in total. The lowest BCUT2D eigenvalue weighted by molar-refractivity contribution is -0.152. The van der Waals surface area contributed by atoms with Crippen molar-refractivity contribution in [2.75, 3.05) is 12.3 Å². The molecule has 0 bridgehead atoms. The van der Waals surface area contributed by atoms with E-state index >= 15 is 0 Å². The highest BCUT2D eigenvalue weighted by Gasteiger charge is 2.42. The van der Waals surface area contributed by atoms with Crippen molar-refractivity contribution in [2.45, 2.75) is 24.6 Å². The van der Waals surface area contributed by atoms with Crippen molar-refractivity contribution in [3.05, 3.63) is 64.7 Å². The molecule has 0 amide bonds. The van der Waals surface area contributed by atoms with Crippen molar-refractivity contribution in [1.29, 1.82) is 0 Å². The molecule has 1 aliphatic carbocycles. The Kier molecular flexibility index (Phi) is 5.10. The number of aliphatic hydroxyl groups excluding tert-OH is 1. The maximum absolute atomic E-state index is 12.6. The van der Waals surface area contributed by atoms with Gasteiger partial charge in [-0.25, -0.2) is 9.78 Å². The first-order valence-corrected chi connectivity index (χ1v) is 9.43. The monoisotopic (exact) mass is 410 g/mol. The van der Waals surface area contributed by atoms with Gasteiger partial charge >= 0.3 is 5.97 Å². The van der Waals surface area contributed by atoms with Crippen molar-refractivity contribution in [3.8, 4) is 0 Å². The number of hydrogen-bond acceptors (Lipinski definition) is 8. The van der Waals surface area contributed by atoms with Gasteiger partial charge in [0, 0.05) is 12.3 Å². The molecule has 2 heterocycles. The second-order valence-corrected chi connectivity index (χ2v) is 7.25. The molecule has 3 aromatic rings. The summed E-state index contributed by atoms with van der Waals surface area (Å²) in [6, 6.07) is 7.58. The molecule has 0 aliphatic heterocycles. The number of aromatic amines is 1. The van der Waals surface area contributed by atoms with Gasteiger partial charge in [-0.2, -0.15) is 4.98 Å². The molecular formula is C20H22N6O4. The maximum Gasteiger partial charge on any atom is 0.327 e. The zero-order chi connectivity index (χ0) is 21.4. The summed E-state index contributed by atoms with van der Waals surface area (Å²) in [4.78, 5) is 35.3. The Labute approximate surface area is 171 Å². The van der Waals surface area contributed by atoms with Crippen LogP contribution < -0.4 is 17.0 Å². The Morgan fingerprint density at radius 2 is 2.13 bits per heavy atom. The van der Waals surface area contributed by atoms with Gasteiger partial charge in [0.15, 0.2) is 11.2 Å². The largest absolute Gasteiger partial charge is 0.460 e. The summed E-state index contributed by atoms with van der Waals surface area (Å²) in [6.07, 6.45) is 1.17. The van der Waals surface area contributed by atoms with E-state index in [2.05, 4.69) is 21.5 Å². The second kappa shape index (κ2) is 7.73. The highest BCUT2D eigenvalue weighted by molar-refractivity contribution is 5.77. The molecule has 10 heteroatoms. The summed E-state index contributed by atoms with van der Waals surface area (Å²) in [5, 5.41) is 9.89. The van der Waals surface area contributed by atoms with Gasteiger partial charge in [0.1, 0.15) is 12.1 Å². The number of esters is 1. The number of hydrogen-bond donors (Lipinski definition) is 4. The molecule has 1 aromatic carbocycles. The van der Waals surface area contributed by atoms with Crippen molar-refractivity contribution >= 4 is 23.1 Å². The van der Waals surface area contributed by atoms with E-state index in [4.69, 9.17) is 16.2 Å². The number of H-pyrrole nitrogens is 1. The summed E-state index contributed by atoms with van der Waals surface area (Å²) < 4.78 is 7.32. The van der Waals surface area contributed by atoms with Crippen LogP contribution in [-0.2, 0) is 9.53 Å².